The summed E-state index contributed by atoms with van der Waals surface area (Å²) in [5.74, 6) is -0.0680. The Morgan fingerprint density at radius 1 is 0.342 bits per heavy atom. The van der Waals surface area contributed by atoms with Crippen LogP contribution in [0.25, 0.3) is 102 Å². The van der Waals surface area contributed by atoms with Gasteiger partial charge in [0.15, 0.2) is 5.78 Å². The summed E-state index contributed by atoms with van der Waals surface area (Å²) in [5.41, 5.74) is 20.3. The van der Waals surface area contributed by atoms with Gasteiger partial charge in [0, 0.05) is 61.3 Å². The van der Waals surface area contributed by atoms with Crippen LogP contribution in [-0.4, -0.2) is 25.7 Å². The lowest BCUT2D eigenvalue weighted by Crippen LogP contribution is -2.01. The number of hydrogen-bond donors (Lipinski definition) is 3. The molecule has 2 aliphatic heterocycles. The number of fused-ring (bicyclic) bond motifs is 8. The first-order valence-electron chi connectivity index (χ1n) is 24.4. The summed E-state index contributed by atoms with van der Waals surface area (Å²) in [6, 6.07) is 78.2. The molecule has 0 saturated heterocycles. The van der Waals surface area contributed by atoms with E-state index in [2.05, 4.69) is 179 Å². The molecule has 0 saturated carbocycles. The third kappa shape index (κ3) is 9.20. The molecule has 0 aliphatic carbocycles. The molecule has 0 radical (unpaired) electrons. The van der Waals surface area contributed by atoms with Gasteiger partial charge >= 0.3 is 0 Å². The molecule has 6 nitrogen and oxygen atoms in total. The summed E-state index contributed by atoms with van der Waals surface area (Å²) >= 11 is 0. The molecule has 346 valence electrons. The van der Waals surface area contributed by atoms with E-state index in [1.54, 1.807) is 6.08 Å². The van der Waals surface area contributed by atoms with Crippen molar-refractivity contribution in [2.24, 2.45) is 0 Å². The average molecular weight is 938 g/mol. The van der Waals surface area contributed by atoms with E-state index in [1.807, 2.05) is 97.1 Å². The number of H-pyrrole nitrogens is 2. The lowest BCUT2D eigenvalue weighted by atomic mass is 9.99. The molecular weight excluding hydrogens is 891 g/mol. The van der Waals surface area contributed by atoms with Crippen molar-refractivity contribution < 1.29 is 4.79 Å². The third-order valence-corrected chi connectivity index (χ3v) is 13.2. The van der Waals surface area contributed by atoms with Crippen molar-refractivity contribution >= 4 is 69.1 Å². The molecule has 0 spiro atoms. The standard InChI is InChI=1S/C67H47N5O/c73-63(47-23-11-3-12-24-47)44-52(45-19-7-1-8-20-45)43-62(46-21-9-2-10-22-46)68-53-33-31-51(32-34-53)67-60-41-39-58(71-60)65(49-27-15-5-16-28-49)56-37-35-54(69-56)64(48-25-13-4-14-26-48)55-36-38-57(70-55)66(50-29-17-6-18-30-50)59-40-42-61(67)72-59/h1-44,68-69,72H/b52-44+,62-43-,64-54?,64-55?,65-56?,65-58?,66-57?,66-59?,67-60?,67-61?. The number of carbonyl (C=O) groups is 1. The zero-order chi connectivity index (χ0) is 48.9. The summed E-state index contributed by atoms with van der Waals surface area (Å²) < 4.78 is 0. The normalized spacial score (nSPS) is 12.2. The minimum absolute atomic E-state index is 0.0680. The first kappa shape index (κ1) is 44.3. The Labute approximate surface area is 423 Å². The Morgan fingerprint density at radius 3 is 1.05 bits per heavy atom. The fourth-order valence-electron chi connectivity index (χ4n) is 9.74. The van der Waals surface area contributed by atoms with Gasteiger partial charge in [-0.05, 0) is 112 Å². The van der Waals surface area contributed by atoms with Crippen molar-refractivity contribution in [2.45, 2.75) is 0 Å². The molecule has 73 heavy (non-hydrogen) atoms. The molecule has 0 fully saturated rings. The summed E-state index contributed by atoms with van der Waals surface area (Å²) in [7, 11) is 0. The van der Waals surface area contributed by atoms with E-state index >= 15 is 0 Å². The van der Waals surface area contributed by atoms with Crippen molar-refractivity contribution in [1.82, 2.24) is 19.9 Å². The largest absolute Gasteiger partial charge is 0.355 e. The van der Waals surface area contributed by atoms with E-state index in [4.69, 9.17) is 9.97 Å². The van der Waals surface area contributed by atoms with Gasteiger partial charge < -0.3 is 15.3 Å². The number of nitrogens with one attached hydrogen (secondary N) is 3. The topological polar surface area (TPSA) is 86.5 Å². The first-order chi connectivity index (χ1) is 36.1. The van der Waals surface area contributed by atoms with E-state index in [0.717, 1.165) is 117 Å². The number of aromatic amines is 2. The molecule has 5 heterocycles. The molecule has 10 aromatic rings. The Bertz CT molecular complexity index is 3910. The van der Waals surface area contributed by atoms with E-state index in [0.29, 0.717) is 5.56 Å². The van der Waals surface area contributed by atoms with Gasteiger partial charge in [0.1, 0.15) is 0 Å². The Hall–Kier alpha value is -9.91. The number of nitrogens with zero attached hydrogens (tertiary/aromatic N) is 2. The minimum atomic E-state index is -0.0680. The lowest BCUT2D eigenvalue weighted by molar-refractivity contribution is 0.104. The number of rotatable bonds is 11. The van der Waals surface area contributed by atoms with Gasteiger partial charge in [-0.2, -0.15) is 0 Å². The molecular formula is C67H47N5O. The second-order valence-corrected chi connectivity index (χ2v) is 17.9. The third-order valence-electron chi connectivity index (χ3n) is 13.2. The summed E-state index contributed by atoms with van der Waals surface area (Å²) in [5, 5.41) is 3.74. The van der Waals surface area contributed by atoms with Crippen LogP contribution in [0.15, 0.2) is 243 Å². The number of aromatic nitrogens is 4. The molecule has 3 N–H and O–H groups in total. The van der Waals surface area contributed by atoms with E-state index in [9.17, 15) is 4.79 Å². The molecule has 6 heteroatoms. The molecule has 8 bridgehead atoms. The van der Waals surface area contributed by atoms with Crippen LogP contribution in [0.5, 0.6) is 0 Å². The quantitative estimate of drug-likeness (QED) is 0.0685. The molecule has 2 aliphatic rings. The smallest absolute Gasteiger partial charge is 0.186 e. The fraction of sp³-hybridized carbons (Fsp3) is 0. The van der Waals surface area contributed by atoms with Crippen LogP contribution in [0, 0.1) is 0 Å². The fourth-order valence-corrected chi connectivity index (χ4v) is 9.74. The number of hydrogen-bond acceptors (Lipinski definition) is 4. The number of anilines is 1. The number of allylic oxidation sites excluding steroid dienone is 3. The summed E-state index contributed by atoms with van der Waals surface area (Å²) in [4.78, 5) is 32.4. The highest BCUT2D eigenvalue weighted by atomic mass is 16.1. The maximum atomic E-state index is 13.7. The van der Waals surface area contributed by atoms with Gasteiger partial charge in [0.05, 0.1) is 22.8 Å². The second-order valence-electron chi connectivity index (χ2n) is 17.9. The van der Waals surface area contributed by atoms with Gasteiger partial charge in [0.25, 0.3) is 0 Å². The zero-order valence-electron chi connectivity index (χ0n) is 39.7. The SMILES string of the molecule is O=C(/C=C(\C=C(/Nc1ccc(-c2c3nc(c(-c4ccccc4)c4ccc([nH]4)c(-c4ccccc4)c4nc(c(-c5ccccc5)c5ccc2[nH]5)C=C4)C=C3)cc1)c1ccccc1)c1ccccc1)c1ccccc1. The minimum Gasteiger partial charge on any atom is -0.355 e. The Morgan fingerprint density at radius 2 is 0.671 bits per heavy atom. The molecule has 3 aromatic heterocycles. The van der Waals surface area contributed by atoms with Gasteiger partial charge in [-0.1, -0.05) is 194 Å². The Balaban J connectivity index is 1.05. The zero-order valence-corrected chi connectivity index (χ0v) is 39.7. The van der Waals surface area contributed by atoms with E-state index in [1.165, 1.54) is 0 Å². The summed E-state index contributed by atoms with van der Waals surface area (Å²) in [6.45, 7) is 0. The first-order valence-corrected chi connectivity index (χ1v) is 24.4. The van der Waals surface area contributed by atoms with Gasteiger partial charge in [-0.3, -0.25) is 4.79 Å². The van der Waals surface area contributed by atoms with Gasteiger partial charge in [0.2, 0.25) is 0 Å². The van der Waals surface area contributed by atoms with Crippen LogP contribution in [-0.2, 0) is 0 Å². The Kier molecular flexibility index (Phi) is 12.0. The van der Waals surface area contributed by atoms with Gasteiger partial charge in [-0.15, -0.1) is 0 Å². The van der Waals surface area contributed by atoms with Crippen molar-refractivity contribution in [3.8, 4) is 44.5 Å². The molecule has 0 atom stereocenters. The van der Waals surface area contributed by atoms with E-state index < -0.39 is 0 Å². The molecule has 12 rings (SSSR count). The van der Waals surface area contributed by atoms with Crippen LogP contribution in [0.3, 0.4) is 0 Å². The molecule has 7 aromatic carbocycles. The molecule has 0 unspecified atom stereocenters. The van der Waals surface area contributed by atoms with Crippen LogP contribution < -0.4 is 5.32 Å². The lowest BCUT2D eigenvalue weighted by Gasteiger charge is -2.14. The van der Waals surface area contributed by atoms with Crippen LogP contribution in [0.4, 0.5) is 5.69 Å². The highest BCUT2D eigenvalue weighted by molar-refractivity contribution is 6.10. The predicted octanol–water partition coefficient (Wildman–Crippen LogP) is 16.7. The van der Waals surface area contributed by atoms with Crippen molar-refractivity contribution in [1.29, 1.82) is 0 Å². The van der Waals surface area contributed by atoms with Crippen molar-refractivity contribution in [3.63, 3.8) is 0 Å². The predicted molar refractivity (Wildman–Crippen MR) is 304 cm³/mol. The van der Waals surface area contributed by atoms with Crippen molar-refractivity contribution in [3.05, 3.63) is 282 Å². The highest BCUT2D eigenvalue weighted by Gasteiger charge is 2.19. The molecule has 0 amide bonds. The highest BCUT2D eigenvalue weighted by Crippen LogP contribution is 2.39. The van der Waals surface area contributed by atoms with Crippen LogP contribution in [0.2, 0.25) is 0 Å². The average Bonchev–Trinajstić information content (AvgIpc) is 4.32. The van der Waals surface area contributed by atoms with E-state index in [-0.39, 0.29) is 5.78 Å². The number of benzene rings is 7. The van der Waals surface area contributed by atoms with Crippen LogP contribution in [0.1, 0.15) is 44.3 Å². The second kappa shape index (κ2) is 19.8. The monoisotopic (exact) mass is 937 g/mol. The maximum absolute atomic E-state index is 13.7. The maximum Gasteiger partial charge on any atom is 0.186 e. The number of ketones is 1. The van der Waals surface area contributed by atoms with Gasteiger partial charge in [-0.25, -0.2) is 9.97 Å². The van der Waals surface area contributed by atoms with Crippen LogP contribution >= 0.6 is 0 Å². The number of carbonyl (C=O) groups excluding carboxylic acids is 1. The summed E-state index contributed by atoms with van der Waals surface area (Å²) in [6.07, 6.45) is 12.3. The van der Waals surface area contributed by atoms with Crippen molar-refractivity contribution in [2.75, 3.05) is 5.32 Å².